The SMILES string of the molecule is COC(=O)C(CO)NC(=O)Cc1ccsc1. The number of esters is 1. The van der Waals surface area contributed by atoms with E-state index in [-0.39, 0.29) is 12.3 Å². The zero-order chi connectivity index (χ0) is 12.0. The summed E-state index contributed by atoms with van der Waals surface area (Å²) in [5.74, 6) is -0.969. The van der Waals surface area contributed by atoms with Crippen molar-refractivity contribution in [2.24, 2.45) is 0 Å². The lowest BCUT2D eigenvalue weighted by Gasteiger charge is -2.13. The van der Waals surface area contributed by atoms with Gasteiger partial charge in [-0.2, -0.15) is 11.3 Å². The van der Waals surface area contributed by atoms with E-state index in [0.29, 0.717) is 0 Å². The van der Waals surface area contributed by atoms with Gasteiger partial charge in [0.05, 0.1) is 20.1 Å². The van der Waals surface area contributed by atoms with Crippen LogP contribution in [0.3, 0.4) is 0 Å². The lowest BCUT2D eigenvalue weighted by Crippen LogP contribution is -2.44. The summed E-state index contributed by atoms with van der Waals surface area (Å²) in [4.78, 5) is 22.6. The highest BCUT2D eigenvalue weighted by atomic mass is 32.1. The molecule has 0 saturated heterocycles. The fourth-order valence-electron chi connectivity index (χ4n) is 1.15. The van der Waals surface area contributed by atoms with Crippen molar-refractivity contribution >= 4 is 23.2 Å². The molecule has 5 nitrogen and oxygen atoms in total. The summed E-state index contributed by atoms with van der Waals surface area (Å²) >= 11 is 1.50. The van der Waals surface area contributed by atoms with Crippen LogP contribution in [0.2, 0.25) is 0 Å². The van der Waals surface area contributed by atoms with E-state index >= 15 is 0 Å². The Balaban J connectivity index is 2.46. The number of thiophene rings is 1. The molecular formula is C10H13NO4S. The molecule has 0 bridgehead atoms. The first kappa shape index (κ1) is 12.7. The Bertz CT molecular complexity index is 350. The van der Waals surface area contributed by atoms with E-state index in [1.165, 1.54) is 18.4 Å². The van der Waals surface area contributed by atoms with Crippen molar-refractivity contribution in [3.05, 3.63) is 22.4 Å². The first-order valence-corrected chi connectivity index (χ1v) is 5.60. The number of hydrogen-bond acceptors (Lipinski definition) is 5. The van der Waals surface area contributed by atoms with E-state index in [2.05, 4.69) is 10.1 Å². The third kappa shape index (κ3) is 3.63. The summed E-state index contributed by atoms with van der Waals surface area (Å²) in [6.07, 6.45) is 0.191. The first-order chi connectivity index (χ1) is 7.67. The highest BCUT2D eigenvalue weighted by Crippen LogP contribution is 2.06. The Labute approximate surface area is 97.0 Å². The third-order valence-corrected chi connectivity index (χ3v) is 2.68. The molecule has 1 aromatic rings. The van der Waals surface area contributed by atoms with E-state index in [4.69, 9.17) is 5.11 Å². The van der Waals surface area contributed by atoms with Crippen molar-refractivity contribution in [1.82, 2.24) is 5.32 Å². The van der Waals surface area contributed by atoms with Gasteiger partial charge in [0.1, 0.15) is 0 Å². The van der Waals surface area contributed by atoms with Gasteiger partial charge in [0, 0.05) is 0 Å². The van der Waals surface area contributed by atoms with Crippen LogP contribution in [0, 0.1) is 0 Å². The molecule has 0 radical (unpaired) electrons. The lowest BCUT2D eigenvalue weighted by molar-refractivity contribution is -0.146. The van der Waals surface area contributed by atoms with Crippen molar-refractivity contribution < 1.29 is 19.4 Å². The lowest BCUT2D eigenvalue weighted by atomic mass is 10.2. The maximum atomic E-state index is 11.5. The van der Waals surface area contributed by atoms with E-state index in [9.17, 15) is 9.59 Å². The number of carbonyl (C=O) groups is 2. The Morgan fingerprint density at radius 2 is 2.38 bits per heavy atom. The number of aliphatic hydroxyl groups is 1. The van der Waals surface area contributed by atoms with E-state index < -0.39 is 18.6 Å². The van der Waals surface area contributed by atoms with Gasteiger partial charge in [-0.1, -0.05) is 0 Å². The number of amides is 1. The van der Waals surface area contributed by atoms with Crippen LogP contribution in [0.25, 0.3) is 0 Å². The van der Waals surface area contributed by atoms with Crippen LogP contribution in [0.5, 0.6) is 0 Å². The number of ether oxygens (including phenoxy) is 1. The second kappa shape index (κ2) is 6.24. The first-order valence-electron chi connectivity index (χ1n) is 4.66. The molecule has 1 atom stereocenters. The number of nitrogens with one attached hydrogen (secondary N) is 1. The van der Waals surface area contributed by atoms with Crippen LogP contribution < -0.4 is 5.32 Å². The number of hydrogen-bond donors (Lipinski definition) is 2. The zero-order valence-corrected chi connectivity index (χ0v) is 9.62. The zero-order valence-electron chi connectivity index (χ0n) is 8.80. The van der Waals surface area contributed by atoms with Crippen molar-refractivity contribution in [3.63, 3.8) is 0 Å². The number of methoxy groups -OCH3 is 1. The maximum Gasteiger partial charge on any atom is 0.330 e. The average Bonchev–Trinajstić information content (AvgIpc) is 2.77. The van der Waals surface area contributed by atoms with Gasteiger partial charge in [-0.25, -0.2) is 4.79 Å². The predicted octanol–water partition coefficient (Wildman–Crippen LogP) is -0.0593. The largest absolute Gasteiger partial charge is 0.467 e. The summed E-state index contributed by atoms with van der Waals surface area (Å²) in [6, 6.07) is 0.840. The minimum absolute atomic E-state index is 0.191. The standard InChI is InChI=1S/C10H13NO4S/c1-15-10(14)8(5-12)11-9(13)4-7-2-3-16-6-7/h2-3,6,8,12H,4-5H2,1H3,(H,11,13). The molecule has 0 aromatic carbocycles. The van der Waals surface area contributed by atoms with Gasteiger partial charge in [0.15, 0.2) is 6.04 Å². The average molecular weight is 243 g/mol. The fraction of sp³-hybridized carbons (Fsp3) is 0.400. The van der Waals surface area contributed by atoms with Crippen molar-refractivity contribution in [3.8, 4) is 0 Å². The smallest absolute Gasteiger partial charge is 0.330 e. The molecule has 0 aliphatic heterocycles. The minimum atomic E-state index is -0.990. The summed E-state index contributed by atoms with van der Waals surface area (Å²) in [6.45, 7) is -0.470. The van der Waals surface area contributed by atoms with Gasteiger partial charge < -0.3 is 15.2 Å². The molecule has 0 saturated carbocycles. The monoisotopic (exact) mass is 243 g/mol. The van der Waals surface area contributed by atoms with Gasteiger partial charge in [-0.3, -0.25) is 4.79 Å². The van der Waals surface area contributed by atoms with E-state index in [1.807, 2.05) is 16.8 Å². The molecule has 6 heteroatoms. The minimum Gasteiger partial charge on any atom is -0.467 e. The van der Waals surface area contributed by atoms with Crippen LogP contribution in [0.4, 0.5) is 0 Å². The normalized spacial score (nSPS) is 11.9. The van der Waals surface area contributed by atoms with Crippen molar-refractivity contribution in [2.45, 2.75) is 12.5 Å². The molecule has 0 fully saturated rings. The van der Waals surface area contributed by atoms with Crippen molar-refractivity contribution in [1.29, 1.82) is 0 Å². The Morgan fingerprint density at radius 1 is 1.62 bits per heavy atom. The Morgan fingerprint density at radius 3 is 2.88 bits per heavy atom. The molecule has 1 aromatic heterocycles. The molecule has 2 N–H and O–H groups in total. The van der Waals surface area contributed by atoms with Crippen LogP contribution in [0.1, 0.15) is 5.56 Å². The molecule has 0 spiro atoms. The predicted molar refractivity (Wildman–Crippen MR) is 59.1 cm³/mol. The summed E-state index contributed by atoms with van der Waals surface area (Å²) in [5, 5.41) is 15.0. The van der Waals surface area contributed by atoms with E-state index in [1.54, 1.807) is 0 Å². The molecule has 16 heavy (non-hydrogen) atoms. The number of rotatable bonds is 5. The molecular weight excluding hydrogens is 230 g/mol. The number of carbonyl (C=O) groups excluding carboxylic acids is 2. The maximum absolute atomic E-state index is 11.5. The van der Waals surface area contributed by atoms with Gasteiger partial charge in [0.25, 0.3) is 0 Å². The van der Waals surface area contributed by atoms with Crippen LogP contribution in [-0.4, -0.2) is 36.7 Å². The van der Waals surface area contributed by atoms with Crippen LogP contribution in [0.15, 0.2) is 16.8 Å². The highest BCUT2D eigenvalue weighted by molar-refractivity contribution is 7.07. The molecule has 1 unspecified atom stereocenters. The van der Waals surface area contributed by atoms with Crippen molar-refractivity contribution in [2.75, 3.05) is 13.7 Å². The molecule has 1 amide bonds. The van der Waals surface area contributed by atoms with Gasteiger partial charge in [0.2, 0.25) is 5.91 Å². The summed E-state index contributed by atoms with van der Waals surface area (Å²) in [7, 11) is 1.20. The molecule has 1 rings (SSSR count). The second-order valence-electron chi connectivity index (χ2n) is 3.13. The topological polar surface area (TPSA) is 75.6 Å². The van der Waals surface area contributed by atoms with Crippen LogP contribution >= 0.6 is 11.3 Å². The second-order valence-corrected chi connectivity index (χ2v) is 3.91. The van der Waals surface area contributed by atoms with Gasteiger partial charge >= 0.3 is 5.97 Å². The third-order valence-electron chi connectivity index (χ3n) is 1.95. The summed E-state index contributed by atoms with van der Waals surface area (Å²) < 4.78 is 4.43. The molecule has 0 aliphatic carbocycles. The molecule has 88 valence electrons. The van der Waals surface area contributed by atoms with Gasteiger partial charge in [-0.05, 0) is 22.4 Å². The fourth-order valence-corrected chi connectivity index (χ4v) is 1.81. The summed E-state index contributed by atoms with van der Waals surface area (Å²) in [5.41, 5.74) is 0.879. The highest BCUT2D eigenvalue weighted by Gasteiger charge is 2.20. The quantitative estimate of drug-likeness (QED) is 0.710. The Hall–Kier alpha value is -1.40. The Kier molecular flexibility index (Phi) is 4.94. The van der Waals surface area contributed by atoms with E-state index in [0.717, 1.165) is 5.56 Å². The molecule has 1 heterocycles. The molecule has 0 aliphatic rings. The number of aliphatic hydroxyl groups excluding tert-OH is 1. The van der Waals surface area contributed by atoms with Gasteiger partial charge in [-0.15, -0.1) is 0 Å². The van der Waals surface area contributed by atoms with Crippen LogP contribution in [-0.2, 0) is 20.7 Å².